The summed E-state index contributed by atoms with van der Waals surface area (Å²) < 4.78 is 10.3. The molecule has 0 amide bonds. The Morgan fingerprint density at radius 2 is 1.92 bits per heavy atom. The topological polar surface area (TPSA) is 30.5 Å². The lowest BCUT2D eigenvalue weighted by Crippen LogP contribution is -2.24. The third-order valence-corrected chi connectivity index (χ3v) is 1.61. The predicted molar refractivity (Wildman–Crippen MR) is 55.0 cm³/mol. The third-order valence-electron chi connectivity index (χ3n) is 1.61. The van der Waals surface area contributed by atoms with Gasteiger partial charge in [-0.2, -0.15) is 0 Å². The van der Waals surface area contributed by atoms with Crippen molar-refractivity contribution in [1.29, 1.82) is 0 Å². The van der Waals surface area contributed by atoms with Crippen LogP contribution in [0.1, 0.15) is 20.3 Å². The second kappa shape index (κ2) is 9.96. The molecule has 0 atom stereocenters. The summed E-state index contributed by atoms with van der Waals surface area (Å²) in [4.78, 5) is 0. The van der Waals surface area contributed by atoms with Crippen molar-refractivity contribution in [1.82, 2.24) is 5.32 Å². The van der Waals surface area contributed by atoms with E-state index in [2.05, 4.69) is 19.2 Å². The summed E-state index contributed by atoms with van der Waals surface area (Å²) in [5, 5.41) is 3.32. The zero-order valence-electron chi connectivity index (χ0n) is 9.14. The monoisotopic (exact) mass is 189 g/mol. The Morgan fingerprint density at radius 3 is 2.54 bits per heavy atom. The highest BCUT2D eigenvalue weighted by Gasteiger charge is 1.92. The number of rotatable bonds is 9. The quantitative estimate of drug-likeness (QED) is 0.554. The van der Waals surface area contributed by atoms with Crippen molar-refractivity contribution < 1.29 is 9.47 Å². The molecular weight excluding hydrogens is 166 g/mol. The summed E-state index contributed by atoms with van der Waals surface area (Å²) in [6.07, 6.45) is 0.987. The first-order valence-corrected chi connectivity index (χ1v) is 5.04. The number of methoxy groups -OCH3 is 1. The van der Waals surface area contributed by atoms with E-state index in [0.29, 0.717) is 5.92 Å². The van der Waals surface area contributed by atoms with Crippen molar-refractivity contribution in [2.24, 2.45) is 5.92 Å². The molecule has 0 heterocycles. The Bertz CT molecular complexity index is 96.9. The van der Waals surface area contributed by atoms with Crippen LogP contribution in [0.2, 0.25) is 0 Å². The highest BCUT2D eigenvalue weighted by molar-refractivity contribution is 4.49. The SMILES string of the molecule is COCCCOCCNCC(C)C. The van der Waals surface area contributed by atoms with Crippen LogP contribution in [-0.4, -0.2) is 40.0 Å². The van der Waals surface area contributed by atoms with E-state index in [1.54, 1.807) is 7.11 Å². The molecule has 0 bridgehead atoms. The van der Waals surface area contributed by atoms with Crippen molar-refractivity contribution in [3.63, 3.8) is 0 Å². The molecule has 0 rings (SSSR count). The molecule has 0 unspecified atom stereocenters. The van der Waals surface area contributed by atoms with E-state index in [1.807, 2.05) is 0 Å². The summed E-state index contributed by atoms with van der Waals surface area (Å²) in [5.74, 6) is 0.716. The van der Waals surface area contributed by atoms with Gasteiger partial charge in [-0.05, 0) is 18.9 Å². The minimum Gasteiger partial charge on any atom is -0.385 e. The minimum absolute atomic E-state index is 0.716. The van der Waals surface area contributed by atoms with Crippen LogP contribution in [0.5, 0.6) is 0 Å². The lowest BCUT2D eigenvalue weighted by atomic mass is 10.2. The molecule has 0 radical (unpaired) electrons. The fourth-order valence-electron chi connectivity index (χ4n) is 0.942. The van der Waals surface area contributed by atoms with Gasteiger partial charge >= 0.3 is 0 Å². The molecule has 3 heteroatoms. The molecular formula is C10H23NO2. The molecule has 0 saturated carbocycles. The van der Waals surface area contributed by atoms with Crippen LogP contribution in [-0.2, 0) is 9.47 Å². The van der Waals surface area contributed by atoms with Crippen LogP contribution < -0.4 is 5.32 Å². The van der Waals surface area contributed by atoms with Gasteiger partial charge in [0.15, 0.2) is 0 Å². The fraction of sp³-hybridized carbons (Fsp3) is 1.00. The molecule has 0 aromatic carbocycles. The van der Waals surface area contributed by atoms with Gasteiger partial charge in [0.25, 0.3) is 0 Å². The Labute approximate surface area is 81.8 Å². The first-order chi connectivity index (χ1) is 6.27. The minimum atomic E-state index is 0.716. The summed E-state index contributed by atoms with van der Waals surface area (Å²) in [5.41, 5.74) is 0. The Morgan fingerprint density at radius 1 is 1.15 bits per heavy atom. The number of hydrogen-bond donors (Lipinski definition) is 1. The summed E-state index contributed by atoms with van der Waals surface area (Å²) in [7, 11) is 1.71. The van der Waals surface area contributed by atoms with Crippen LogP contribution in [0.3, 0.4) is 0 Å². The van der Waals surface area contributed by atoms with Gasteiger partial charge in [-0.25, -0.2) is 0 Å². The van der Waals surface area contributed by atoms with Crippen LogP contribution in [0.15, 0.2) is 0 Å². The zero-order chi connectivity index (χ0) is 9.94. The van der Waals surface area contributed by atoms with Crippen LogP contribution in [0.4, 0.5) is 0 Å². The first-order valence-electron chi connectivity index (χ1n) is 5.04. The molecule has 0 aromatic heterocycles. The highest BCUT2D eigenvalue weighted by atomic mass is 16.5. The Balaban J connectivity index is 2.84. The molecule has 0 spiro atoms. The van der Waals surface area contributed by atoms with Gasteiger partial charge in [-0.15, -0.1) is 0 Å². The van der Waals surface area contributed by atoms with Crippen LogP contribution in [0, 0.1) is 5.92 Å². The van der Waals surface area contributed by atoms with Crippen molar-refractivity contribution in [2.45, 2.75) is 20.3 Å². The summed E-state index contributed by atoms with van der Waals surface area (Å²) in [6, 6.07) is 0. The molecule has 0 aromatic rings. The first kappa shape index (κ1) is 12.9. The maximum Gasteiger partial charge on any atom is 0.0590 e. The molecule has 0 aliphatic carbocycles. The van der Waals surface area contributed by atoms with Gasteiger partial charge in [-0.1, -0.05) is 13.8 Å². The van der Waals surface area contributed by atoms with E-state index in [-0.39, 0.29) is 0 Å². The Kier molecular flexibility index (Phi) is 9.87. The van der Waals surface area contributed by atoms with E-state index in [4.69, 9.17) is 9.47 Å². The van der Waals surface area contributed by atoms with Gasteiger partial charge in [-0.3, -0.25) is 0 Å². The van der Waals surface area contributed by atoms with E-state index >= 15 is 0 Å². The van der Waals surface area contributed by atoms with Crippen molar-refractivity contribution in [3.05, 3.63) is 0 Å². The van der Waals surface area contributed by atoms with Gasteiger partial charge in [0, 0.05) is 26.9 Å². The fourth-order valence-corrected chi connectivity index (χ4v) is 0.942. The van der Waals surface area contributed by atoms with Gasteiger partial charge in [0.05, 0.1) is 6.61 Å². The van der Waals surface area contributed by atoms with E-state index in [1.165, 1.54) is 0 Å². The maximum atomic E-state index is 5.38. The molecule has 0 fully saturated rings. The largest absolute Gasteiger partial charge is 0.385 e. The van der Waals surface area contributed by atoms with Crippen molar-refractivity contribution >= 4 is 0 Å². The molecule has 13 heavy (non-hydrogen) atoms. The number of hydrogen-bond acceptors (Lipinski definition) is 3. The number of ether oxygens (including phenoxy) is 2. The number of nitrogens with one attached hydrogen (secondary N) is 1. The molecule has 1 N–H and O–H groups in total. The summed E-state index contributed by atoms with van der Waals surface area (Å²) >= 11 is 0. The second-order valence-corrected chi connectivity index (χ2v) is 3.56. The average Bonchev–Trinajstić information content (AvgIpc) is 2.09. The molecule has 0 aliphatic heterocycles. The Hall–Kier alpha value is -0.120. The standard InChI is InChI=1S/C10H23NO2/c1-10(2)9-11-5-8-13-7-4-6-12-3/h10-11H,4-9H2,1-3H3. The lowest BCUT2D eigenvalue weighted by Gasteiger charge is -2.07. The molecule has 80 valence electrons. The normalized spacial score (nSPS) is 11.1. The third kappa shape index (κ3) is 11.9. The van der Waals surface area contributed by atoms with E-state index < -0.39 is 0 Å². The van der Waals surface area contributed by atoms with Crippen molar-refractivity contribution in [2.75, 3.05) is 40.0 Å². The molecule has 0 saturated heterocycles. The molecule has 3 nitrogen and oxygen atoms in total. The van der Waals surface area contributed by atoms with E-state index in [0.717, 1.165) is 39.3 Å². The highest BCUT2D eigenvalue weighted by Crippen LogP contribution is 1.86. The molecule has 0 aliphatic rings. The maximum absolute atomic E-state index is 5.38. The van der Waals surface area contributed by atoms with Crippen LogP contribution in [0.25, 0.3) is 0 Å². The zero-order valence-corrected chi connectivity index (χ0v) is 9.14. The average molecular weight is 189 g/mol. The van der Waals surface area contributed by atoms with Gasteiger partial charge in [0.1, 0.15) is 0 Å². The smallest absolute Gasteiger partial charge is 0.0590 e. The lowest BCUT2D eigenvalue weighted by molar-refractivity contribution is 0.104. The predicted octanol–water partition coefficient (Wildman–Crippen LogP) is 1.29. The van der Waals surface area contributed by atoms with Gasteiger partial charge < -0.3 is 14.8 Å². The van der Waals surface area contributed by atoms with Crippen molar-refractivity contribution in [3.8, 4) is 0 Å². The second-order valence-electron chi connectivity index (χ2n) is 3.56. The van der Waals surface area contributed by atoms with E-state index in [9.17, 15) is 0 Å². The summed E-state index contributed by atoms with van der Waals surface area (Å²) in [6.45, 7) is 8.82. The van der Waals surface area contributed by atoms with Gasteiger partial charge in [0.2, 0.25) is 0 Å². The van der Waals surface area contributed by atoms with Crippen LogP contribution >= 0.6 is 0 Å².